The highest BCUT2D eigenvalue weighted by Gasteiger charge is 2.32. The van der Waals surface area contributed by atoms with Crippen LogP contribution in [0.25, 0.3) is 0 Å². The Morgan fingerprint density at radius 1 is 1.41 bits per heavy atom. The second kappa shape index (κ2) is 4.59. The van der Waals surface area contributed by atoms with Crippen molar-refractivity contribution in [2.24, 2.45) is 0 Å². The van der Waals surface area contributed by atoms with Gasteiger partial charge in [0.05, 0.1) is 7.11 Å². The Kier molecular flexibility index (Phi) is 3.32. The fraction of sp³-hybridized carbons (Fsp3) is 0.600. The van der Waals surface area contributed by atoms with Crippen LogP contribution < -0.4 is 10.1 Å². The Morgan fingerprint density at radius 2 is 2.18 bits per heavy atom. The second-order valence-electron chi connectivity index (χ2n) is 5.30. The summed E-state index contributed by atoms with van der Waals surface area (Å²) in [5.41, 5.74) is 2.94. The largest absolute Gasteiger partial charge is 0.497 e. The number of rotatable bonds is 3. The molecule has 1 aliphatic heterocycles. The minimum atomic E-state index is 0.238. The molecule has 0 fully saturated rings. The van der Waals surface area contributed by atoms with E-state index < -0.39 is 0 Å². The van der Waals surface area contributed by atoms with Gasteiger partial charge in [-0.3, -0.25) is 0 Å². The van der Waals surface area contributed by atoms with Gasteiger partial charge in [-0.15, -0.1) is 0 Å². The first kappa shape index (κ1) is 12.3. The number of ether oxygens (including phenoxy) is 1. The molecule has 1 heterocycles. The van der Waals surface area contributed by atoms with E-state index in [0.29, 0.717) is 5.92 Å². The maximum Gasteiger partial charge on any atom is 0.119 e. The molecular weight excluding hydrogens is 210 g/mol. The predicted octanol–water partition coefficient (Wildman–Crippen LogP) is 4.17. The Balaban J connectivity index is 2.40. The number of hydrogen-bond acceptors (Lipinski definition) is 2. The van der Waals surface area contributed by atoms with E-state index in [2.05, 4.69) is 38.2 Å². The molecule has 2 nitrogen and oxygen atoms in total. The van der Waals surface area contributed by atoms with Crippen LogP contribution in [0.5, 0.6) is 5.75 Å². The Labute approximate surface area is 104 Å². The number of fused-ring (bicyclic) bond motifs is 1. The van der Waals surface area contributed by atoms with Crippen LogP contribution in [-0.2, 0) is 0 Å². The zero-order valence-electron chi connectivity index (χ0n) is 11.3. The zero-order valence-corrected chi connectivity index (χ0v) is 11.3. The van der Waals surface area contributed by atoms with Gasteiger partial charge in [-0.05, 0) is 55.9 Å². The molecule has 0 bridgehead atoms. The monoisotopic (exact) mass is 233 g/mol. The molecule has 17 heavy (non-hydrogen) atoms. The van der Waals surface area contributed by atoms with E-state index in [1.54, 1.807) is 7.11 Å². The van der Waals surface area contributed by atoms with E-state index in [1.807, 2.05) is 6.07 Å². The third-order valence-corrected chi connectivity index (χ3v) is 4.11. The first-order chi connectivity index (χ1) is 8.11. The van der Waals surface area contributed by atoms with Crippen molar-refractivity contribution in [2.45, 2.75) is 51.5 Å². The van der Waals surface area contributed by atoms with Crippen LogP contribution in [-0.4, -0.2) is 12.6 Å². The molecule has 0 aromatic heterocycles. The van der Waals surface area contributed by atoms with Crippen molar-refractivity contribution in [1.29, 1.82) is 0 Å². The summed E-state index contributed by atoms with van der Waals surface area (Å²) >= 11 is 0. The average molecular weight is 233 g/mol. The fourth-order valence-corrected chi connectivity index (χ4v) is 2.75. The summed E-state index contributed by atoms with van der Waals surface area (Å²) in [4.78, 5) is 0. The van der Waals surface area contributed by atoms with E-state index in [4.69, 9.17) is 4.74 Å². The number of nitrogens with one attached hydrogen (secondary N) is 1. The van der Waals surface area contributed by atoms with Crippen LogP contribution in [0, 0.1) is 0 Å². The molecule has 1 aromatic carbocycles. The molecule has 1 aliphatic rings. The highest BCUT2D eigenvalue weighted by atomic mass is 16.5. The number of methoxy groups -OCH3 is 1. The van der Waals surface area contributed by atoms with Gasteiger partial charge in [-0.1, -0.05) is 13.8 Å². The molecule has 2 unspecified atom stereocenters. The standard InChI is InChI=1S/C15H23NO/c1-5-11-10-15(3,6-2)16-14-8-7-12(17-4)9-13(11)14/h7-9,11,16H,5-6,10H2,1-4H3. The zero-order chi connectivity index (χ0) is 12.5. The van der Waals surface area contributed by atoms with Crippen molar-refractivity contribution < 1.29 is 4.74 Å². The summed E-state index contributed by atoms with van der Waals surface area (Å²) in [6, 6.07) is 6.38. The third kappa shape index (κ3) is 2.26. The van der Waals surface area contributed by atoms with E-state index >= 15 is 0 Å². The molecule has 2 atom stereocenters. The lowest BCUT2D eigenvalue weighted by Crippen LogP contribution is -2.39. The lowest BCUT2D eigenvalue weighted by molar-refractivity contribution is 0.383. The van der Waals surface area contributed by atoms with E-state index in [1.165, 1.54) is 24.1 Å². The van der Waals surface area contributed by atoms with Crippen molar-refractivity contribution in [1.82, 2.24) is 0 Å². The topological polar surface area (TPSA) is 21.3 Å². The number of anilines is 1. The summed E-state index contributed by atoms with van der Waals surface area (Å²) in [6.45, 7) is 6.85. The fourth-order valence-electron chi connectivity index (χ4n) is 2.75. The summed E-state index contributed by atoms with van der Waals surface area (Å²) < 4.78 is 5.32. The molecule has 94 valence electrons. The number of hydrogen-bond donors (Lipinski definition) is 1. The first-order valence-electron chi connectivity index (χ1n) is 6.58. The van der Waals surface area contributed by atoms with E-state index in [9.17, 15) is 0 Å². The van der Waals surface area contributed by atoms with Crippen LogP contribution in [0.4, 0.5) is 5.69 Å². The summed E-state index contributed by atoms with van der Waals surface area (Å²) in [6.07, 6.45) is 3.56. The Morgan fingerprint density at radius 3 is 2.76 bits per heavy atom. The van der Waals surface area contributed by atoms with Gasteiger partial charge >= 0.3 is 0 Å². The molecule has 0 radical (unpaired) electrons. The van der Waals surface area contributed by atoms with Gasteiger partial charge in [0.1, 0.15) is 5.75 Å². The second-order valence-corrected chi connectivity index (χ2v) is 5.30. The molecule has 1 N–H and O–H groups in total. The van der Waals surface area contributed by atoms with Crippen molar-refractivity contribution in [2.75, 3.05) is 12.4 Å². The molecule has 0 aliphatic carbocycles. The molecule has 1 aromatic rings. The summed E-state index contributed by atoms with van der Waals surface area (Å²) in [7, 11) is 1.73. The third-order valence-electron chi connectivity index (χ3n) is 4.11. The van der Waals surface area contributed by atoms with Crippen LogP contribution in [0.2, 0.25) is 0 Å². The van der Waals surface area contributed by atoms with Gasteiger partial charge in [-0.2, -0.15) is 0 Å². The molecule has 0 spiro atoms. The summed E-state index contributed by atoms with van der Waals surface area (Å²) in [5, 5.41) is 3.68. The van der Waals surface area contributed by atoms with Crippen molar-refractivity contribution >= 4 is 5.69 Å². The maximum atomic E-state index is 5.32. The van der Waals surface area contributed by atoms with E-state index in [0.717, 1.165) is 12.2 Å². The van der Waals surface area contributed by atoms with Gasteiger partial charge in [0.25, 0.3) is 0 Å². The van der Waals surface area contributed by atoms with Gasteiger partial charge < -0.3 is 10.1 Å². The molecule has 0 saturated carbocycles. The smallest absolute Gasteiger partial charge is 0.119 e. The maximum absolute atomic E-state index is 5.32. The van der Waals surface area contributed by atoms with Gasteiger partial charge in [-0.25, -0.2) is 0 Å². The quantitative estimate of drug-likeness (QED) is 0.846. The molecule has 0 amide bonds. The minimum absolute atomic E-state index is 0.238. The van der Waals surface area contributed by atoms with Crippen molar-refractivity contribution in [3.63, 3.8) is 0 Å². The normalized spacial score (nSPS) is 27.2. The van der Waals surface area contributed by atoms with Crippen molar-refractivity contribution in [3.8, 4) is 5.75 Å². The molecule has 2 rings (SSSR count). The van der Waals surface area contributed by atoms with Gasteiger partial charge in [0.2, 0.25) is 0 Å². The van der Waals surface area contributed by atoms with Crippen molar-refractivity contribution in [3.05, 3.63) is 23.8 Å². The van der Waals surface area contributed by atoms with Gasteiger partial charge in [0, 0.05) is 11.2 Å². The average Bonchev–Trinajstić information content (AvgIpc) is 2.37. The van der Waals surface area contributed by atoms with Crippen LogP contribution >= 0.6 is 0 Å². The van der Waals surface area contributed by atoms with Crippen LogP contribution in [0.1, 0.15) is 51.5 Å². The molecular formula is C15H23NO. The highest BCUT2D eigenvalue weighted by Crippen LogP contribution is 2.43. The SMILES string of the molecule is CCC1CC(C)(CC)Nc2ccc(OC)cc21. The van der Waals surface area contributed by atoms with Crippen LogP contribution in [0.3, 0.4) is 0 Å². The Bertz CT molecular complexity index is 402. The van der Waals surface area contributed by atoms with Crippen LogP contribution in [0.15, 0.2) is 18.2 Å². The predicted molar refractivity (Wildman–Crippen MR) is 73.0 cm³/mol. The van der Waals surface area contributed by atoms with E-state index in [-0.39, 0.29) is 5.54 Å². The van der Waals surface area contributed by atoms with Gasteiger partial charge in [0.15, 0.2) is 0 Å². The highest BCUT2D eigenvalue weighted by molar-refractivity contribution is 5.59. The molecule has 2 heteroatoms. The minimum Gasteiger partial charge on any atom is -0.497 e. The number of benzene rings is 1. The lowest BCUT2D eigenvalue weighted by atomic mass is 9.77. The first-order valence-corrected chi connectivity index (χ1v) is 6.58. The Hall–Kier alpha value is -1.18. The summed E-state index contributed by atoms with van der Waals surface area (Å²) in [5.74, 6) is 1.61. The molecule has 0 saturated heterocycles. The lowest BCUT2D eigenvalue weighted by Gasteiger charge is -2.40.